The fourth-order valence-electron chi connectivity index (χ4n) is 3.13. The van der Waals surface area contributed by atoms with Gasteiger partial charge >= 0.3 is 5.69 Å². The van der Waals surface area contributed by atoms with Crippen LogP contribution < -0.4 is 4.90 Å². The van der Waals surface area contributed by atoms with Gasteiger partial charge in [-0.1, -0.05) is 24.3 Å². The Bertz CT molecular complexity index is 957. The molecule has 0 radical (unpaired) electrons. The molecule has 0 amide bonds. The summed E-state index contributed by atoms with van der Waals surface area (Å²) in [5.74, 6) is 0.408. The molecule has 136 valence electrons. The normalized spacial score (nSPS) is 15.9. The summed E-state index contributed by atoms with van der Waals surface area (Å²) in [4.78, 5) is 17.4. The number of piperidine rings is 1. The van der Waals surface area contributed by atoms with Crippen LogP contribution in [0.2, 0.25) is 0 Å². The first-order chi connectivity index (χ1) is 13.1. The molecule has 3 rings (SSSR count). The van der Waals surface area contributed by atoms with Gasteiger partial charge in [-0.05, 0) is 56.0 Å². The maximum absolute atomic E-state index is 11.4. The Morgan fingerprint density at radius 3 is 2.93 bits per heavy atom. The first-order valence-corrected chi connectivity index (χ1v) is 8.85. The van der Waals surface area contributed by atoms with Gasteiger partial charge in [0.05, 0.1) is 16.6 Å². The van der Waals surface area contributed by atoms with E-state index in [2.05, 4.69) is 11.1 Å². The number of allylic oxidation sites excluding steroid dienone is 3. The summed E-state index contributed by atoms with van der Waals surface area (Å²) in [6.07, 6.45) is 8.68. The SMILES string of the molecule is Cc1ccc([N+](=O)[O-])c(N2CCCC/C2=C\C=Cc2cccc(C#N)c2)n1. The molecule has 1 aromatic heterocycles. The monoisotopic (exact) mass is 360 g/mol. The second kappa shape index (κ2) is 8.28. The van der Waals surface area contributed by atoms with Crippen molar-refractivity contribution in [1.29, 1.82) is 5.26 Å². The van der Waals surface area contributed by atoms with Crippen molar-refractivity contribution < 1.29 is 4.92 Å². The van der Waals surface area contributed by atoms with Gasteiger partial charge in [0.25, 0.3) is 0 Å². The molecule has 0 N–H and O–H groups in total. The molecular weight excluding hydrogens is 340 g/mol. The quantitative estimate of drug-likeness (QED) is 0.580. The van der Waals surface area contributed by atoms with Crippen LogP contribution in [-0.4, -0.2) is 16.5 Å². The predicted molar refractivity (Wildman–Crippen MR) is 105 cm³/mol. The van der Waals surface area contributed by atoms with E-state index < -0.39 is 0 Å². The highest BCUT2D eigenvalue weighted by Crippen LogP contribution is 2.33. The molecule has 2 aromatic rings. The fourth-order valence-corrected chi connectivity index (χ4v) is 3.13. The number of benzene rings is 1. The smallest absolute Gasteiger partial charge is 0.311 e. The summed E-state index contributed by atoms with van der Waals surface area (Å²) in [5.41, 5.74) is 3.34. The molecule has 0 aliphatic carbocycles. The Morgan fingerprint density at radius 2 is 2.15 bits per heavy atom. The van der Waals surface area contributed by atoms with E-state index in [1.807, 2.05) is 48.3 Å². The third kappa shape index (κ3) is 4.39. The zero-order valence-corrected chi connectivity index (χ0v) is 15.1. The van der Waals surface area contributed by atoms with Crippen molar-refractivity contribution in [2.45, 2.75) is 26.2 Å². The number of nitriles is 1. The lowest BCUT2D eigenvalue weighted by atomic mass is 10.1. The fraction of sp³-hybridized carbons (Fsp3) is 0.238. The number of nitro groups is 1. The molecule has 2 heterocycles. The second-order valence-electron chi connectivity index (χ2n) is 6.42. The van der Waals surface area contributed by atoms with E-state index in [9.17, 15) is 10.1 Å². The lowest BCUT2D eigenvalue weighted by molar-refractivity contribution is -0.384. The van der Waals surface area contributed by atoms with Crippen molar-refractivity contribution >= 4 is 17.6 Å². The number of hydrogen-bond donors (Lipinski definition) is 0. The number of hydrogen-bond acceptors (Lipinski definition) is 5. The van der Waals surface area contributed by atoms with Crippen LogP contribution in [0.5, 0.6) is 0 Å². The average molecular weight is 360 g/mol. The molecule has 1 fully saturated rings. The molecule has 0 unspecified atom stereocenters. The summed E-state index contributed by atoms with van der Waals surface area (Å²) in [6, 6.07) is 12.7. The van der Waals surface area contributed by atoms with Crippen molar-refractivity contribution in [3.63, 3.8) is 0 Å². The van der Waals surface area contributed by atoms with Crippen molar-refractivity contribution in [2.75, 3.05) is 11.4 Å². The van der Waals surface area contributed by atoms with Crippen LogP contribution >= 0.6 is 0 Å². The number of nitrogens with zero attached hydrogens (tertiary/aromatic N) is 4. The van der Waals surface area contributed by atoms with Gasteiger partial charge in [0, 0.05) is 24.0 Å². The Balaban J connectivity index is 1.91. The number of aromatic nitrogens is 1. The molecular formula is C21H20N4O2. The third-order valence-corrected chi connectivity index (χ3v) is 4.45. The maximum atomic E-state index is 11.4. The topological polar surface area (TPSA) is 83.1 Å². The molecule has 27 heavy (non-hydrogen) atoms. The van der Waals surface area contributed by atoms with Crippen LogP contribution in [0.1, 0.15) is 36.1 Å². The van der Waals surface area contributed by atoms with Crippen molar-refractivity contribution in [3.05, 3.63) is 81.2 Å². The third-order valence-electron chi connectivity index (χ3n) is 4.45. The molecule has 0 bridgehead atoms. The highest BCUT2D eigenvalue weighted by molar-refractivity contribution is 5.63. The minimum Gasteiger partial charge on any atom is -0.324 e. The minimum absolute atomic E-state index is 0.0269. The van der Waals surface area contributed by atoms with Crippen molar-refractivity contribution in [3.8, 4) is 6.07 Å². The number of pyridine rings is 1. The average Bonchev–Trinajstić information content (AvgIpc) is 2.68. The molecule has 6 nitrogen and oxygen atoms in total. The first kappa shape index (κ1) is 18.3. The van der Waals surface area contributed by atoms with Crippen LogP contribution in [0.25, 0.3) is 6.08 Å². The van der Waals surface area contributed by atoms with Crippen LogP contribution in [0.15, 0.2) is 54.2 Å². The zero-order valence-electron chi connectivity index (χ0n) is 15.1. The summed E-state index contributed by atoms with van der Waals surface area (Å²) in [5, 5.41) is 20.4. The van der Waals surface area contributed by atoms with Crippen LogP contribution in [0.3, 0.4) is 0 Å². The molecule has 0 spiro atoms. The van der Waals surface area contributed by atoms with Crippen LogP contribution in [0.4, 0.5) is 11.5 Å². The molecule has 1 aromatic carbocycles. The van der Waals surface area contributed by atoms with Gasteiger partial charge in [0.2, 0.25) is 5.82 Å². The van der Waals surface area contributed by atoms with E-state index in [1.165, 1.54) is 6.07 Å². The van der Waals surface area contributed by atoms with Crippen LogP contribution in [0, 0.1) is 28.4 Å². The highest BCUT2D eigenvalue weighted by Gasteiger charge is 2.25. The van der Waals surface area contributed by atoms with Gasteiger partial charge in [-0.2, -0.15) is 5.26 Å². The van der Waals surface area contributed by atoms with Crippen LogP contribution in [-0.2, 0) is 0 Å². The maximum Gasteiger partial charge on any atom is 0.311 e. The number of aryl methyl sites for hydroxylation is 1. The van der Waals surface area contributed by atoms with E-state index in [0.29, 0.717) is 17.9 Å². The molecule has 6 heteroatoms. The van der Waals surface area contributed by atoms with Gasteiger partial charge in [0.1, 0.15) is 0 Å². The van der Waals surface area contributed by atoms with E-state index in [1.54, 1.807) is 12.1 Å². The number of rotatable bonds is 4. The molecule has 1 aliphatic rings. The summed E-state index contributed by atoms with van der Waals surface area (Å²) in [7, 11) is 0. The summed E-state index contributed by atoms with van der Waals surface area (Å²) >= 11 is 0. The van der Waals surface area contributed by atoms with E-state index in [0.717, 1.165) is 36.2 Å². The van der Waals surface area contributed by atoms with Gasteiger partial charge < -0.3 is 4.90 Å². The largest absolute Gasteiger partial charge is 0.324 e. The second-order valence-corrected chi connectivity index (χ2v) is 6.42. The van der Waals surface area contributed by atoms with E-state index >= 15 is 0 Å². The van der Waals surface area contributed by atoms with E-state index in [-0.39, 0.29) is 10.6 Å². The lowest BCUT2D eigenvalue weighted by Gasteiger charge is -2.30. The summed E-state index contributed by atoms with van der Waals surface area (Å²) < 4.78 is 0. The van der Waals surface area contributed by atoms with Gasteiger partial charge in [-0.15, -0.1) is 0 Å². The Labute approximate surface area is 158 Å². The van der Waals surface area contributed by atoms with Gasteiger partial charge in [-0.3, -0.25) is 10.1 Å². The highest BCUT2D eigenvalue weighted by atomic mass is 16.6. The standard InChI is InChI=1S/C21H20N4O2/c1-16-11-12-20(25(26)27)21(23-16)24-13-3-2-9-19(24)10-5-7-17-6-4-8-18(14-17)15-22/h4-8,10-12,14H,2-3,9,13H2,1H3/b7-5?,19-10+. The van der Waals surface area contributed by atoms with Gasteiger partial charge in [0.15, 0.2) is 0 Å². The summed E-state index contributed by atoms with van der Waals surface area (Å²) in [6.45, 7) is 2.55. The van der Waals surface area contributed by atoms with Crippen molar-refractivity contribution in [2.24, 2.45) is 0 Å². The zero-order chi connectivity index (χ0) is 19.2. The molecule has 1 saturated heterocycles. The Hall–Kier alpha value is -3.46. The Kier molecular flexibility index (Phi) is 5.62. The van der Waals surface area contributed by atoms with Gasteiger partial charge in [-0.25, -0.2) is 4.98 Å². The van der Waals surface area contributed by atoms with E-state index in [4.69, 9.17) is 5.26 Å². The minimum atomic E-state index is -0.378. The molecule has 1 aliphatic heterocycles. The number of anilines is 1. The Morgan fingerprint density at radius 1 is 1.30 bits per heavy atom. The first-order valence-electron chi connectivity index (χ1n) is 8.85. The predicted octanol–water partition coefficient (Wildman–Crippen LogP) is 4.76. The molecule has 0 atom stereocenters. The lowest BCUT2D eigenvalue weighted by Crippen LogP contribution is -2.29. The van der Waals surface area contributed by atoms with Crippen molar-refractivity contribution in [1.82, 2.24) is 4.98 Å². The molecule has 0 saturated carbocycles.